The fourth-order valence-corrected chi connectivity index (χ4v) is 3.36. The molecule has 4 amide bonds. The summed E-state index contributed by atoms with van der Waals surface area (Å²) < 4.78 is 0. The first kappa shape index (κ1) is 29.7. The van der Waals surface area contributed by atoms with Gasteiger partial charge in [0.1, 0.15) is 23.9 Å². The maximum atomic E-state index is 13.0. The molecule has 13 heteroatoms. The number of nitrogens with two attached hydrogens (primary N) is 2. The molecule has 0 saturated heterocycles. The van der Waals surface area contributed by atoms with Gasteiger partial charge in [-0.2, -0.15) is 12.6 Å². The molecule has 4 unspecified atom stereocenters. The number of carbonyl (C=O) groups excluding carboxylic acids is 4. The Labute approximate surface area is 208 Å². The van der Waals surface area contributed by atoms with E-state index in [9.17, 15) is 34.2 Å². The van der Waals surface area contributed by atoms with Gasteiger partial charge in [0.15, 0.2) is 0 Å². The average Bonchev–Trinajstić information content (AvgIpc) is 2.76. The summed E-state index contributed by atoms with van der Waals surface area (Å²) in [6.45, 7) is 3.73. The first-order valence-electron chi connectivity index (χ1n) is 10.9. The lowest BCUT2D eigenvalue weighted by Crippen LogP contribution is -2.58. The predicted octanol–water partition coefficient (Wildman–Crippen LogP) is -1.35. The van der Waals surface area contributed by atoms with Crippen LogP contribution in [0.2, 0.25) is 0 Å². The Kier molecular flexibility index (Phi) is 12.0. The van der Waals surface area contributed by atoms with Crippen LogP contribution in [0.3, 0.4) is 0 Å². The van der Waals surface area contributed by atoms with Crippen LogP contribution in [0.4, 0.5) is 0 Å². The third-order valence-electron chi connectivity index (χ3n) is 4.91. The predicted molar refractivity (Wildman–Crippen MR) is 130 cm³/mol. The third kappa shape index (κ3) is 10.6. The molecule has 0 aliphatic rings. The molecule has 1 aromatic rings. The molecule has 0 saturated carbocycles. The van der Waals surface area contributed by atoms with Crippen molar-refractivity contribution >= 4 is 42.2 Å². The molecule has 1 rings (SSSR count). The molecule has 194 valence electrons. The zero-order chi connectivity index (χ0) is 26.7. The Hall–Kier alpha value is -3.32. The molecule has 4 atom stereocenters. The van der Waals surface area contributed by atoms with E-state index in [-0.39, 0.29) is 23.8 Å². The number of nitrogens with one attached hydrogen (secondary N) is 3. The second kappa shape index (κ2) is 14.2. The van der Waals surface area contributed by atoms with Crippen molar-refractivity contribution in [2.45, 2.75) is 57.3 Å². The first-order valence-corrected chi connectivity index (χ1v) is 11.5. The number of phenolic OH excluding ortho intramolecular Hbond substituents is 1. The van der Waals surface area contributed by atoms with E-state index in [4.69, 9.17) is 11.5 Å². The van der Waals surface area contributed by atoms with Crippen LogP contribution in [-0.2, 0) is 30.4 Å². The number of carbonyl (C=O) groups is 5. The quantitative estimate of drug-likeness (QED) is 0.139. The zero-order valence-electron chi connectivity index (χ0n) is 19.6. The fourth-order valence-electron chi connectivity index (χ4n) is 3.11. The summed E-state index contributed by atoms with van der Waals surface area (Å²) in [5.74, 6) is -4.67. The van der Waals surface area contributed by atoms with Crippen molar-refractivity contribution in [3.8, 4) is 5.75 Å². The molecule has 0 radical (unpaired) electrons. The minimum absolute atomic E-state index is 0.0122. The summed E-state index contributed by atoms with van der Waals surface area (Å²) >= 11 is 3.91. The molecule has 0 aliphatic heterocycles. The van der Waals surface area contributed by atoms with E-state index in [0.717, 1.165) is 0 Å². The normalized spacial score (nSPS) is 14.3. The van der Waals surface area contributed by atoms with Crippen molar-refractivity contribution in [2.24, 2.45) is 17.4 Å². The van der Waals surface area contributed by atoms with Crippen LogP contribution in [0.5, 0.6) is 5.75 Å². The highest BCUT2D eigenvalue weighted by Gasteiger charge is 2.31. The molecule has 1 aromatic carbocycles. The van der Waals surface area contributed by atoms with E-state index in [1.54, 1.807) is 0 Å². The lowest BCUT2D eigenvalue weighted by molar-refractivity contribution is -0.141. The highest BCUT2D eigenvalue weighted by molar-refractivity contribution is 7.80. The van der Waals surface area contributed by atoms with Gasteiger partial charge in [0, 0.05) is 12.2 Å². The van der Waals surface area contributed by atoms with Crippen LogP contribution in [0.15, 0.2) is 24.3 Å². The molecule has 9 N–H and O–H groups in total. The monoisotopic (exact) mass is 511 g/mol. The van der Waals surface area contributed by atoms with E-state index >= 15 is 0 Å². The average molecular weight is 512 g/mol. The molecular weight excluding hydrogens is 478 g/mol. The molecule has 0 aromatic heterocycles. The van der Waals surface area contributed by atoms with Crippen LogP contribution in [0.1, 0.15) is 32.3 Å². The number of hydrogen-bond acceptors (Lipinski definition) is 8. The van der Waals surface area contributed by atoms with Crippen molar-refractivity contribution in [3.63, 3.8) is 0 Å². The Morgan fingerprint density at radius 1 is 0.914 bits per heavy atom. The number of thiol groups is 1. The molecule has 0 aliphatic carbocycles. The number of carboxylic acid groups (broad SMARTS) is 1. The van der Waals surface area contributed by atoms with Gasteiger partial charge in [0.25, 0.3) is 0 Å². The van der Waals surface area contributed by atoms with Gasteiger partial charge in [-0.05, 0) is 30.0 Å². The van der Waals surface area contributed by atoms with E-state index < -0.39 is 60.2 Å². The smallest absolute Gasteiger partial charge is 0.327 e. The first-order chi connectivity index (χ1) is 16.3. The number of amides is 4. The highest BCUT2D eigenvalue weighted by Crippen LogP contribution is 2.12. The van der Waals surface area contributed by atoms with Crippen LogP contribution in [0, 0.1) is 5.92 Å². The van der Waals surface area contributed by atoms with Gasteiger partial charge in [-0.25, -0.2) is 4.79 Å². The SMILES string of the molecule is CC(C)CC(N)C(=O)NC(CC(N)=O)C(=O)NC(Cc1ccc(O)cc1)C(=O)NC(CS)C(=O)O. The molecule has 0 bridgehead atoms. The number of carboxylic acids is 1. The largest absolute Gasteiger partial charge is 0.508 e. The summed E-state index contributed by atoms with van der Waals surface area (Å²) in [5, 5.41) is 25.8. The second-order valence-corrected chi connectivity index (χ2v) is 8.85. The van der Waals surface area contributed by atoms with E-state index in [0.29, 0.717) is 12.0 Å². The third-order valence-corrected chi connectivity index (χ3v) is 5.27. The number of benzene rings is 1. The number of rotatable bonds is 14. The lowest BCUT2D eigenvalue weighted by Gasteiger charge is -2.25. The van der Waals surface area contributed by atoms with Crippen LogP contribution in [-0.4, -0.2) is 69.7 Å². The summed E-state index contributed by atoms with van der Waals surface area (Å²) in [5.41, 5.74) is 11.6. The summed E-state index contributed by atoms with van der Waals surface area (Å²) in [6.07, 6.45) is -0.294. The van der Waals surface area contributed by atoms with Gasteiger partial charge < -0.3 is 37.6 Å². The van der Waals surface area contributed by atoms with Crippen LogP contribution >= 0.6 is 12.6 Å². The minimum Gasteiger partial charge on any atom is -0.508 e. The van der Waals surface area contributed by atoms with Gasteiger partial charge in [-0.15, -0.1) is 0 Å². The van der Waals surface area contributed by atoms with E-state index in [1.165, 1.54) is 24.3 Å². The van der Waals surface area contributed by atoms with Crippen molar-refractivity contribution in [1.29, 1.82) is 0 Å². The Balaban J connectivity index is 3.12. The molecule has 0 fully saturated rings. The Bertz CT molecular complexity index is 910. The Morgan fingerprint density at radius 2 is 1.43 bits per heavy atom. The number of hydrogen-bond donors (Lipinski definition) is 8. The summed E-state index contributed by atoms with van der Waals surface area (Å²) in [7, 11) is 0. The fraction of sp³-hybridized carbons (Fsp3) is 0.500. The van der Waals surface area contributed by atoms with Gasteiger partial charge >= 0.3 is 5.97 Å². The van der Waals surface area contributed by atoms with Gasteiger partial charge in [0.2, 0.25) is 23.6 Å². The summed E-state index contributed by atoms with van der Waals surface area (Å²) in [4.78, 5) is 61.1. The van der Waals surface area contributed by atoms with Crippen molar-refractivity contribution in [1.82, 2.24) is 16.0 Å². The zero-order valence-corrected chi connectivity index (χ0v) is 20.5. The number of primary amides is 1. The van der Waals surface area contributed by atoms with Crippen LogP contribution in [0.25, 0.3) is 0 Å². The second-order valence-electron chi connectivity index (χ2n) is 8.48. The maximum absolute atomic E-state index is 13.0. The number of aliphatic carboxylic acids is 1. The standard InChI is InChI=1S/C22H33N5O7S/c1-11(2)7-14(23)19(30)25-16(9-18(24)29)21(32)26-15(8-12-3-5-13(28)6-4-12)20(31)27-17(10-35)22(33)34/h3-6,11,14-17,28,35H,7-10,23H2,1-2H3,(H2,24,29)(H,25,30)(H,26,32)(H,27,31)(H,33,34). The Morgan fingerprint density at radius 3 is 1.91 bits per heavy atom. The van der Waals surface area contributed by atoms with Gasteiger partial charge in [-0.1, -0.05) is 26.0 Å². The van der Waals surface area contributed by atoms with Gasteiger partial charge in [0.05, 0.1) is 12.5 Å². The molecule has 0 heterocycles. The minimum atomic E-state index is -1.41. The molecule has 35 heavy (non-hydrogen) atoms. The highest BCUT2D eigenvalue weighted by atomic mass is 32.1. The molecular formula is C22H33N5O7S. The van der Waals surface area contributed by atoms with E-state index in [1.807, 2.05) is 13.8 Å². The summed E-state index contributed by atoms with van der Waals surface area (Å²) in [6, 6.07) is 0.851. The maximum Gasteiger partial charge on any atom is 0.327 e. The van der Waals surface area contributed by atoms with Crippen molar-refractivity contribution in [2.75, 3.05) is 5.75 Å². The molecule has 0 spiro atoms. The number of phenols is 1. The van der Waals surface area contributed by atoms with Crippen LogP contribution < -0.4 is 27.4 Å². The van der Waals surface area contributed by atoms with Gasteiger partial charge in [-0.3, -0.25) is 19.2 Å². The molecule has 12 nitrogen and oxygen atoms in total. The van der Waals surface area contributed by atoms with Crippen molar-refractivity contribution < 1.29 is 34.2 Å². The van der Waals surface area contributed by atoms with Crippen molar-refractivity contribution in [3.05, 3.63) is 29.8 Å². The van der Waals surface area contributed by atoms with E-state index in [2.05, 4.69) is 28.6 Å². The lowest BCUT2D eigenvalue weighted by atomic mass is 10.0. The topological polar surface area (TPSA) is 214 Å². The number of aromatic hydroxyl groups is 1.